The highest BCUT2D eigenvalue weighted by molar-refractivity contribution is 7.17. The summed E-state index contributed by atoms with van der Waals surface area (Å²) in [6, 6.07) is 3.41. The number of fused-ring (bicyclic) bond motifs is 2. The van der Waals surface area contributed by atoms with Gasteiger partial charge in [0.1, 0.15) is 0 Å². The Hall–Kier alpha value is -1.26. The molecule has 0 bridgehead atoms. The van der Waals surface area contributed by atoms with E-state index in [9.17, 15) is 9.59 Å². The summed E-state index contributed by atoms with van der Waals surface area (Å²) in [5.41, 5.74) is 1.05. The maximum absolute atomic E-state index is 12.0. The average molecular weight is 233 g/mol. The highest BCUT2D eigenvalue weighted by atomic mass is 32.1. The molecule has 0 saturated carbocycles. The van der Waals surface area contributed by atoms with Crippen LogP contribution in [0.15, 0.2) is 17.5 Å². The molecule has 2 aromatic rings. The van der Waals surface area contributed by atoms with E-state index in [-0.39, 0.29) is 11.6 Å². The minimum atomic E-state index is -0.0491. The van der Waals surface area contributed by atoms with Gasteiger partial charge in [-0.05, 0) is 24.4 Å². The third-order valence-corrected chi connectivity index (χ3v) is 4.25. The summed E-state index contributed by atoms with van der Waals surface area (Å²) < 4.78 is 0. The Kier molecular flexibility index (Phi) is 1.72. The minimum Gasteiger partial charge on any atom is -0.288 e. The van der Waals surface area contributed by atoms with E-state index in [1.54, 1.807) is 17.5 Å². The van der Waals surface area contributed by atoms with Crippen LogP contribution in [0.4, 0.5) is 0 Å². The van der Waals surface area contributed by atoms with E-state index in [2.05, 4.69) is 6.92 Å². The molecule has 1 radical (unpaired) electrons. The Labute approximate surface area is 94.2 Å². The normalized spacial score (nSPS) is 13.9. The third-order valence-electron chi connectivity index (χ3n) is 2.35. The monoisotopic (exact) mass is 233 g/mol. The largest absolute Gasteiger partial charge is 0.288 e. The predicted molar refractivity (Wildman–Crippen MR) is 60.0 cm³/mol. The topological polar surface area (TPSA) is 34.1 Å². The number of carbonyl (C=O) groups excluding carboxylic acids is 2. The second-order valence-electron chi connectivity index (χ2n) is 3.28. The fraction of sp³-hybridized carbons (Fsp3) is 0. The van der Waals surface area contributed by atoms with Crippen molar-refractivity contribution in [1.29, 1.82) is 0 Å². The van der Waals surface area contributed by atoms with Crippen LogP contribution in [-0.2, 0) is 0 Å². The summed E-state index contributed by atoms with van der Waals surface area (Å²) in [5, 5.41) is 1.78. The van der Waals surface area contributed by atoms with Gasteiger partial charge in [0.05, 0.1) is 9.75 Å². The first-order valence-electron chi connectivity index (χ1n) is 4.31. The van der Waals surface area contributed by atoms with Crippen LogP contribution < -0.4 is 0 Å². The maximum Gasteiger partial charge on any atom is 0.214 e. The summed E-state index contributed by atoms with van der Waals surface area (Å²) in [6.07, 6.45) is 0. The van der Waals surface area contributed by atoms with E-state index < -0.39 is 0 Å². The number of hydrogen-bond acceptors (Lipinski definition) is 4. The Bertz CT molecular complexity index is 542. The van der Waals surface area contributed by atoms with Crippen molar-refractivity contribution in [2.24, 2.45) is 0 Å². The van der Waals surface area contributed by atoms with Crippen molar-refractivity contribution in [3.63, 3.8) is 0 Å². The first kappa shape index (κ1) is 9.00. The molecule has 4 heteroatoms. The molecule has 0 fully saturated rings. The second kappa shape index (κ2) is 2.87. The molecule has 73 valence electrons. The molecular weight excluding hydrogens is 228 g/mol. The van der Waals surface area contributed by atoms with Crippen molar-refractivity contribution >= 4 is 34.2 Å². The molecule has 0 atom stereocenters. The SMILES string of the molecule is [CH2]c1cc2c(s1)C(=O)c1sccc1C2=O. The van der Waals surface area contributed by atoms with E-state index in [1.165, 1.54) is 22.7 Å². The Balaban J connectivity index is 2.34. The summed E-state index contributed by atoms with van der Waals surface area (Å²) in [7, 11) is 0. The fourth-order valence-corrected chi connectivity index (χ4v) is 3.49. The molecule has 0 saturated heterocycles. The standard InChI is InChI=1S/C11H5O2S2/c1-5-4-7-8(12)6-2-3-14-10(6)9(13)11(7)15-5/h2-4H,1H2. The lowest BCUT2D eigenvalue weighted by Gasteiger charge is -2.08. The Morgan fingerprint density at radius 3 is 2.67 bits per heavy atom. The molecule has 0 spiro atoms. The number of ketones is 2. The summed E-state index contributed by atoms with van der Waals surface area (Å²) >= 11 is 2.62. The molecule has 0 N–H and O–H groups in total. The molecule has 2 nitrogen and oxygen atoms in total. The van der Waals surface area contributed by atoms with Gasteiger partial charge < -0.3 is 0 Å². The van der Waals surface area contributed by atoms with Crippen molar-refractivity contribution < 1.29 is 9.59 Å². The second-order valence-corrected chi connectivity index (χ2v) is 5.33. The molecule has 0 aliphatic heterocycles. The van der Waals surface area contributed by atoms with Crippen molar-refractivity contribution in [3.05, 3.63) is 50.2 Å². The van der Waals surface area contributed by atoms with Gasteiger partial charge in [0.2, 0.25) is 5.78 Å². The molecule has 1 aliphatic rings. The van der Waals surface area contributed by atoms with E-state index in [1.807, 2.05) is 0 Å². The van der Waals surface area contributed by atoms with Crippen LogP contribution in [0, 0.1) is 6.92 Å². The number of thiophene rings is 2. The van der Waals surface area contributed by atoms with Crippen molar-refractivity contribution in [2.75, 3.05) is 0 Å². The predicted octanol–water partition coefficient (Wildman–Crippen LogP) is 2.77. The number of rotatable bonds is 0. The quantitative estimate of drug-likeness (QED) is 0.598. The van der Waals surface area contributed by atoms with Crippen LogP contribution in [0.5, 0.6) is 0 Å². The van der Waals surface area contributed by atoms with Gasteiger partial charge in [-0.1, -0.05) is 0 Å². The van der Waals surface area contributed by atoms with E-state index in [4.69, 9.17) is 0 Å². The van der Waals surface area contributed by atoms with Gasteiger partial charge in [-0.3, -0.25) is 9.59 Å². The van der Waals surface area contributed by atoms with Gasteiger partial charge in [0, 0.05) is 16.0 Å². The molecule has 0 unspecified atom stereocenters. The van der Waals surface area contributed by atoms with Crippen LogP contribution >= 0.6 is 22.7 Å². The molecule has 3 rings (SSSR count). The Morgan fingerprint density at radius 2 is 1.87 bits per heavy atom. The van der Waals surface area contributed by atoms with E-state index in [0.717, 1.165) is 4.88 Å². The highest BCUT2D eigenvalue weighted by Gasteiger charge is 2.32. The smallest absolute Gasteiger partial charge is 0.214 e. The van der Waals surface area contributed by atoms with Crippen molar-refractivity contribution in [1.82, 2.24) is 0 Å². The molecule has 15 heavy (non-hydrogen) atoms. The molecule has 2 aromatic heterocycles. The molecule has 0 aromatic carbocycles. The average Bonchev–Trinajstić information content (AvgIpc) is 2.79. The highest BCUT2D eigenvalue weighted by Crippen LogP contribution is 2.35. The zero-order valence-electron chi connectivity index (χ0n) is 7.57. The lowest BCUT2D eigenvalue weighted by Crippen LogP contribution is -2.15. The van der Waals surface area contributed by atoms with Gasteiger partial charge in [-0.15, -0.1) is 22.7 Å². The van der Waals surface area contributed by atoms with E-state index >= 15 is 0 Å². The fourth-order valence-electron chi connectivity index (χ4n) is 1.69. The van der Waals surface area contributed by atoms with Crippen LogP contribution in [-0.4, -0.2) is 11.6 Å². The molecular formula is C11H5O2S2. The van der Waals surface area contributed by atoms with Gasteiger partial charge in [0.25, 0.3) is 0 Å². The van der Waals surface area contributed by atoms with Crippen LogP contribution in [0.2, 0.25) is 0 Å². The molecule has 2 heterocycles. The van der Waals surface area contributed by atoms with Gasteiger partial charge in [0.15, 0.2) is 5.78 Å². The number of hydrogen-bond donors (Lipinski definition) is 0. The zero-order valence-corrected chi connectivity index (χ0v) is 9.21. The lowest BCUT2D eigenvalue weighted by molar-refractivity contribution is 0.0986. The van der Waals surface area contributed by atoms with Gasteiger partial charge in [-0.2, -0.15) is 0 Å². The van der Waals surface area contributed by atoms with E-state index in [0.29, 0.717) is 20.9 Å². The molecule has 0 amide bonds. The van der Waals surface area contributed by atoms with Gasteiger partial charge >= 0.3 is 0 Å². The van der Waals surface area contributed by atoms with Crippen LogP contribution in [0.1, 0.15) is 35.3 Å². The summed E-state index contributed by atoms with van der Waals surface area (Å²) in [4.78, 5) is 25.8. The molecule has 1 aliphatic carbocycles. The Morgan fingerprint density at radius 1 is 1.07 bits per heavy atom. The first-order chi connectivity index (χ1) is 7.18. The lowest BCUT2D eigenvalue weighted by atomic mass is 9.95. The summed E-state index contributed by atoms with van der Waals surface area (Å²) in [6.45, 7) is 3.76. The third kappa shape index (κ3) is 1.09. The van der Waals surface area contributed by atoms with Crippen molar-refractivity contribution in [3.8, 4) is 0 Å². The number of carbonyl (C=O) groups is 2. The van der Waals surface area contributed by atoms with Gasteiger partial charge in [-0.25, -0.2) is 0 Å². The van der Waals surface area contributed by atoms with Crippen LogP contribution in [0.25, 0.3) is 0 Å². The zero-order chi connectivity index (χ0) is 10.6. The minimum absolute atomic E-state index is 0.0329. The van der Waals surface area contributed by atoms with Crippen molar-refractivity contribution in [2.45, 2.75) is 0 Å². The summed E-state index contributed by atoms with van der Waals surface area (Å²) in [5.74, 6) is -0.0819. The van der Waals surface area contributed by atoms with Crippen LogP contribution in [0.3, 0.4) is 0 Å². The maximum atomic E-state index is 12.0. The first-order valence-corrected chi connectivity index (χ1v) is 6.01.